The zero-order valence-electron chi connectivity index (χ0n) is 32.3. The van der Waals surface area contributed by atoms with Crippen molar-refractivity contribution in [2.75, 3.05) is 0 Å². The summed E-state index contributed by atoms with van der Waals surface area (Å²) in [6, 6.07) is 69.1. The predicted molar refractivity (Wildman–Crippen MR) is 246 cm³/mol. The fourth-order valence-corrected chi connectivity index (χ4v) is 8.29. The van der Waals surface area contributed by atoms with E-state index in [0.29, 0.717) is 32.9 Å². The van der Waals surface area contributed by atoms with E-state index in [1.165, 1.54) is 22.3 Å². The molecular formula is C56H34O4. The van der Waals surface area contributed by atoms with Crippen LogP contribution in [0.5, 0.6) is 0 Å². The lowest BCUT2D eigenvalue weighted by Crippen LogP contribution is -2.07. The number of hydrogen-bond acceptors (Lipinski definition) is 4. The molecule has 0 atom stereocenters. The van der Waals surface area contributed by atoms with Gasteiger partial charge in [-0.3, -0.25) is 9.59 Å². The third-order valence-corrected chi connectivity index (χ3v) is 11.6. The molecule has 0 radical (unpaired) electrons. The molecule has 4 heteroatoms. The zero-order valence-corrected chi connectivity index (χ0v) is 32.3. The first-order chi connectivity index (χ1) is 29.5. The van der Waals surface area contributed by atoms with E-state index in [4.69, 9.17) is 8.83 Å². The number of benzene rings is 9. The first-order valence-corrected chi connectivity index (χ1v) is 20.0. The Balaban J connectivity index is 0.903. The fourth-order valence-electron chi connectivity index (χ4n) is 8.29. The minimum atomic E-state index is -0.247. The van der Waals surface area contributed by atoms with Crippen LogP contribution in [-0.4, -0.2) is 0 Å². The van der Waals surface area contributed by atoms with E-state index >= 15 is 0 Å². The first-order valence-electron chi connectivity index (χ1n) is 20.0. The Morgan fingerprint density at radius 1 is 0.250 bits per heavy atom. The van der Waals surface area contributed by atoms with Crippen molar-refractivity contribution in [3.63, 3.8) is 0 Å². The molecule has 4 nitrogen and oxygen atoms in total. The van der Waals surface area contributed by atoms with Crippen LogP contribution in [0.2, 0.25) is 0 Å². The van der Waals surface area contributed by atoms with Crippen molar-refractivity contribution in [1.82, 2.24) is 0 Å². The third-order valence-electron chi connectivity index (χ3n) is 11.6. The minimum Gasteiger partial charge on any atom is -0.456 e. The molecule has 0 aliphatic heterocycles. The van der Waals surface area contributed by atoms with Crippen molar-refractivity contribution in [2.45, 2.75) is 0 Å². The van der Waals surface area contributed by atoms with E-state index in [1.54, 1.807) is 12.1 Å². The molecule has 0 N–H and O–H groups in total. The maximum Gasteiger partial charge on any atom is 0.204 e. The van der Waals surface area contributed by atoms with Crippen molar-refractivity contribution in [3.8, 4) is 66.8 Å². The lowest BCUT2D eigenvalue weighted by molar-refractivity contribution is 0.649. The van der Waals surface area contributed by atoms with Gasteiger partial charge in [0.05, 0.1) is 16.2 Å². The summed E-state index contributed by atoms with van der Waals surface area (Å²) >= 11 is 0. The smallest absolute Gasteiger partial charge is 0.204 e. The van der Waals surface area contributed by atoms with Crippen LogP contribution in [0, 0.1) is 0 Å². The summed E-state index contributed by atoms with van der Waals surface area (Å²) in [5.41, 5.74) is 13.9. The van der Waals surface area contributed by atoms with Crippen molar-refractivity contribution in [2.24, 2.45) is 0 Å². The van der Waals surface area contributed by atoms with Crippen LogP contribution in [0.3, 0.4) is 0 Å². The molecule has 0 unspecified atom stereocenters. The molecule has 2 aromatic heterocycles. The zero-order chi connectivity index (χ0) is 40.2. The van der Waals surface area contributed by atoms with Crippen molar-refractivity contribution >= 4 is 43.9 Å². The molecule has 0 spiro atoms. The van der Waals surface area contributed by atoms with E-state index in [2.05, 4.69) is 121 Å². The van der Waals surface area contributed by atoms with Gasteiger partial charge in [0.1, 0.15) is 22.1 Å². The van der Waals surface area contributed by atoms with Crippen LogP contribution >= 0.6 is 0 Å². The highest BCUT2D eigenvalue weighted by atomic mass is 16.3. The van der Waals surface area contributed by atoms with E-state index in [0.717, 1.165) is 44.5 Å². The Bertz CT molecular complexity index is 3510. The average molecular weight is 771 g/mol. The lowest BCUT2D eigenvalue weighted by Gasteiger charge is -2.09. The molecule has 0 saturated heterocycles. The molecule has 282 valence electrons. The molecule has 0 aliphatic carbocycles. The number of fused-ring (bicyclic) bond motifs is 5. The molecule has 0 fully saturated rings. The summed E-state index contributed by atoms with van der Waals surface area (Å²) in [4.78, 5) is 28.4. The van der Waals surface area contributed by atoms with Crippen LogP contribution in [0.15, 0.2) is 225 Å². The maximum atomic E-state index is 14.3. The van der Waals surface area contributed by atoms with E-state index in [1.807, 2.05) is 72.8 Å². The van der Waals surface area contributed by atoms with Gasteiger partial charge in [-0.25, -0.2) is 0 Å². The molecular weight excluding hydrogens is 737 g/mol. The van der Waals surface area contributed by atoms with Crippen LogP contribution < -0.4 is 10.9 Å². The van der Waals surface area contributed by atoms with Crippen LogP contribution in [0.1, 0.15) is 0 Å². The average Bonchev–Trinajstić information content (AvgIpc) is 3.32. The summed E-state index contributed by atoms with van der Waals surface area (Å²) in [5, 5.41) is 1.45. The van der Waals surface area contributed by atoms with Crippen LogP contribution in [-0.2, 0) is 0 Å². The summed E-state index contributed by atoms with van der Waals surface area (Å²) < 4.78 is 12.7. The second kappa shape index (κ2) is 14.4. The van der Waals surface area contributed by atoms with Crippen LogP contribution in [0.25, 0.3) is 111 Å². The van der Waals surface area contributed by atoms with Gasteiger partial charge in [0, 0.05) is 0 Å². The standard InChI is InChI=1S/C56H34O4/c57-54-47-29-32-52-53(55(58)49-34-46(27-30-50(49)59-52)44-25-21-42(22-26-44)40-17-13-38(14-18-40)36-9-5-2-6-10-36)56(47)60-51-31-28-45(33-48(51)54)43-23-19-41(20-24-43)39-15-11-37(12-16-39)35-7-3-1-4-8-35/h1-34H. The highest BCUT2D eigenvalue weighted by Gasteiger charge is 2.18. The Labute approximate surface area is 344 Å². The van der Waals surface area contributed by atoms with Crippen molar-refractivity contribution < 1.29 is 8.83 Å². The highest BCUT2D eigenvalue weighted by molar-refractivity contribution is 6.08. The van der Waals surface area contributed by atoms with Crippen LogP contribution in [0.4, 0.5) is 0 Å². The molecule has 2 heterocycles. The molecule has 9 aromatic carbocycles. The van der Waals surface area contributed by atoms with Gasteiger partial charge in [-0.1, -0.05) is 170 Å². The number of rotatable bonds is 6. The lowest BCUT2D eigenvalue weighted by atomic mass is 9.97. The molecule has 0 amide bonds. The Kier molecular flexibility index (Phi) is 8.42. The van der Waals surface area contributed by atoms with E-state index < -0.39 is 0 Å². The normalized spacial score (nSPS) is 11.5. The van der Waals surface area contributed by atoms with Gasteiger partial charge in [-0.15, -0.1) is 0 Å². The Morgan fingerprint density at radius 3 is 0.983 bits per heavy atom. The summed E-state index contributed by atoms with van der Waals surface area (Å²) in [5.74, 6) is 0. The highest BCUT2D eigenvalue weighted by Crippen LogP contribution is 2.33. The topological polar surface area (TPSA) is 60.4 Å². The molecule has 11 rings (SSSR count). The van der Waals surface area contributed by atoms with Gasteiger partial charge in [0.25, 0.3) is 0 Å². The monoisotopic (exact) mass is 770 g/mol. The second-order valence-electron chi connectivity index (χ2n) is 15.1. The van der Waals surface area contributed by atoms with Gasteiger partial charge in [0.15, 0.2) is 5.58 Å². The summed E-state index contributed by atoms with van der Waals surface area (Å²) in [6.07, 6.45) is 0. The van der Waals surface area contributed by atoms with Gasteiger partial charge in [-0.2, -0.15) is 0 Å². The van der Waals surface area contributed by atoms with Gasteiger partial charge in [0.2, 0.25) is 10.9 Å². The minimum absolute atomic E-state index is 0.201. The molecule has 60 heavy (non-hydrogen) atoms. The second-order valence-corrected chi connectivity index (χ2v) is 15.1. The first kappa shape index (κ1) is 35.1. The predicted octanol–water partition coefficient (Wildman–Crippen LogP) is 14.2. The third kappa shape index (κ3) is 6.19. The maximum absolute atomic E-state index is 14.3. The van der Waals surface area contributed by atoms with Gasteiger partial charge in [-0.05, 0) is 103 Å². The summed E-state index contributed by atoms with van der Waals surface area (Å²) in [6.45, 7) is 0. The van der Waals surface area contributed by atoms with E-state index in [-0.39, 0.29) is 21.8 Å². The van der Waals surface area contributed by atoms with Gasteiger partial charge < -0.3 is 8.83 Å². The van der Waals surface area contributed by atoms with Crippen molar-refractivity contribution in [1.29, 1.82) is 0 Å². The SMILES string of the molecule is O=c1c2cc(-c3ccc(-c4ccc(-c5ccccc5)cc4)cc3)ccc2oc2c1ccc1oc3ccc(-c4ccc(-c5ccc(-c6ccccc6)cc5)cc4)cc3c(=O)c12. The quantitative estimate of drug-likeness (QED) is 0.125. The molecule has 11 aromatic rings. The number of hydrogen-bond donors (Lipinski definition) is 0. The Hall–Kier alpha value is -8.08. The largest absolute Gasteiger partial charge is 0.456 e. The Morgan fingerprint density at radius 2 is 0.567 bits per heavy atom. The van der Waals surface area contributed by atoms with Crippen molar-refractivity contribution in [3.05, 3.63) is 227 Å². The summed E-state index contributed by atoms with van der Waals surface area (Å²) in [7, 11) is 0. The van der Waals surface area contributed by atoms with E-state index in [9.17, 15) is 9.59 Å². The molecule has 0 saturated carbocycles. The molecule has 0 aliphatic rings. The molecule has 0 bridgehead atoms. The fraction of sp³-hybridized carbons (Fsp3) is 0. The van der Waals surface area contributed by atoms with Gasteiger partial charge >= 0.3 is 0 Å².